The summed E-state index contributed by atoms with van der Waals surface area (Å²) < 4.78 is 16.0. The third-order valence-electron chi connectivity index (χ3n) is 16.7. The Morgan fingerprint density at radius 1 is 1.10 bits per heavy atom. The van der Waals surface area contributed by atoms with Crippen LogP contribution in [-0.4, -0.2) is 67.5 Å². The molecule has 4 fully saturated rings. The van der Waals surface area contributed by atoms with E-state index in [9.17, 15) is 9.90 Å². The van der Waals surface area contributed by atoms with Crippen LogP contribution in [0.15, 0.2) is 36.4 Å². The normalized spacial score (nSPS) is 41.7. The third kappa shape index (κ3) is 5.23. The highest BCUT2D eigenvalue weighted by molar-refractivity contribution is 5.73. The number of nitrogens with zero attached hydrogens (tertiary/aromatic N) is 5. The van der Waals surface area contributed by atoms with E-state index in [0.29, 0.717) is 37.6 Å². The van der Waals surface area contributed by atoms with E-state index in [2.05, 4.69) is 90.2 Å². The van der Waals surface area contributed by atoms with Crippen LogP contribution in [-0.2, 0) is 14.3 Å². The maximum absolute atomic E-state index is 13.5. The van der Waals surface area contributed by atoms with Crippen LogP contribution in [0.5, 0.6) is 0 Å². The van der Waals surface area contributed by atoms with Crippen molar-refractivity contribution in [1.29, 1.82) is 0 Å². The van der Waals surface area contributed by atoms with E-state index in [1.807, 2.05) is 6.07 Å². The van der Waals surface area contributed by atoms with E-state index in [4.69, 9.17) is 25.3 Å². The molecule has 10 heteroatoms. The number of hydrogen-bond acceptors (Lipinski definition) is 8. The molecule has 4 aliphatic carbocycles. The van der Waals surface area contributed by atoms with Crippen LogP contribution >= 0.6 is 0 Å². The van der Waals surface area contributed by atoms with Crippen LogP contribution in [0.1, 0.15) is 114 Å². The van der Waals surface area contributed by atoms with Gasteiger partial charge in [0.05, 0.1) is 50.3 Å². The fourth-order valence-electron chi connectivity index (χ4n) is 12.7. The van der Waals surface area contributed by atoms with Crippen LogP contribution in [0, 0.1) is 62.6 Å². The summed E-state index contributed by atoms with van der Waals surface area (Å²) in [6, 6.07) is 1.81. The first-order chi connectivity index (χ1) is 24.4. The Hall–Kier alpha value is -2.69. The average Bonchev–Trinajstić information content (AvgIpc) is 3.58. The quantitative estimate of drug-likeness (QED) is 0.251. The molecule has 52 heavy (non-hydrogen) atoms. The van der Waals surface area contributed by atoms with Gasteiger partial charge in [-0.1, -0.05) is 74.0 Å². The molecule has 1 aliphatic heterocycles. The van der Waals surface area contributed by atoms with E-state index in [-0.39, 0.29) is 51.1 Å². The number of fused-ring (bicyclic) bond motifs is 3. The maximum atomic E-state index is 13.5. The summed E-state index contributed by atoms with van der Waals surface area (Å²) in [6.07, 6.45) is 13.0. The minimum absolute atomic E-state index is 0.132. The van der Waals surface area contributed by atoms with Gasteiger partial charge >= 0.3 is 5.97 Å². The zero-order chi connectivity index (χ0) is 37.6. The largest absolute Gasteiger partial charge is 0.481 e. The summed E-state index contributed by atoms with van der Waals surface area (Å²) in [4.78, 5) is 18.3. The first kappa shape index (κ1) is 37.6. The molecule has 12 atom stereocenters. The number of allylic oxidation sites excluding steroid dienone is 1. The van der Waals surface area contributed by atoms with Gasteiger partial charge in [-0.2, -0.15) is 15.3 Å². The van der Waals surface area contributed by atoms with E-state index in [0.717, 1.165) is 49.9 Å². The monoisotopic (exact) mass is 716 g/mol. The number of nitrogens with two attached hydrogens (primary N) is 1. The molecule has 0 spiro atoms. The molecule has 5 aliphatic rings. The van der Waals surface area contributed by atoms with Crippen molar-refractivity contribution in [2.24, 2.45) is 68.3 Å². The standard InChI is InChI=1S/C42H64N6O4/c1-25(2)27(5)37(6)16-17-39(8)29-11-12-32-38(7)21-51-23-42(32,30(29)13-15-40(39,9)33(37)36(49)50)19-31(34(38)52-22-41(10,43)26(3)4)48-35(44-24-47-48)28-14-18-45-46-20-28/h13-14,18,20,24-27,29,31-34H,11-12,15-17,19,21-23,43H2,1-10H3,(H,49,50)/t27-,29+,31-,32+,33-,34+,37-,38+,39-,40+,41+,42?/m1/s1. The molecule has 3 heterocycles. The van der Waals surface area contributed by atoms with E-state index >= 15 is 0 Å². The van der Waals surface area contributed by atoms with Gasteiger partial charge in [-0.3, -0.25) is 4.79 Å². The van der Waals surface area contributed by atoms with Crippen LogP contribution in [0.3, 0.4) is 0 Å². The molecular formula is C42H64N6O4. The fraction of sp³-hybridized carbons (Fsp3) is 0.786. The summed E-state index contributed by atoms with van der Waals surface area (Å²) in [6.45, 7) is 24.3. The van der Waals surface area contributed by atoms with Crippen LogP contribution < -0.4 is 5.73 Å². The molecule has 0 radical (unpaired) electrons. The molecule has 2 bridgehead atoms. The molecule has 2 aromatic heterocycles. The molecular weight excluding hydrogens is 652 g/mol. The number of rotatable bonds is 9. The Kier molecular flexibility index (Phi) is 9.18. The van der Waals surface area contributed by atoms with E-state index in [1.54, 1.807) is 18.7 Å². The van der Waals surface area contributed by atoms with Crippen LogP contribution in [0.4, 0.5) is 0 Å². The smallest absolute Gasteiger partial charge is 0.307 e. The van der Waals surface area contributed by atoms with Crippen molar-refractivity contribution < 1.29 is 19.4 Å². The van der Waals surface area contributed by atoms with Crippen molar-refractivity contribution in [3.8, 4) is 11.4 Å². The Labute approximate surface area is 311 Å². The molecule has 1 unspecified atom stereocenters. The van der Waals surface area contributed by atoms with Crippen molar-refractivity contribution >= 4 is 5.97 Å². The van der Waals surface area contributed by atoms with Crippen LogP contribution in [0.25, 0.3) is 11.4 Å². The van der Waals surface area contributed by atoms with Gasteiger partial charge < -0.3 is 20.3 Å². The summed E-state index contributed by atoms with van der Waals surface area (Å²) in [7, 11) is 0. The summed E-state index contributed by atoms with van der Waals surface area (Å²) in [5, 5.41) is 24.3. The average molecular weight is 717 g/mol. The zero-order valence-electron chi connectivity index (χ0n) is 33.4. The van der Waals surface area contributed by atoms with Crippen molar-refractivity contribution in [2.75, 3.05) is 19.8 Å². The highest BCUT2D eigenvalue weighted by Crippen LogP contribution is 2.75. The third-order valence-corrected chi connectivity index (χ3v) is 16.7. The number of aliphatic carboxylic acids is 1. The lowest BCUT2D eigenvalue weighted by Crippen LogP contribution is -2.69. The summed E-state index contributed by atoms with van der Waals surface area (Å²) >= 11 is 0. The van der Waals surface area contributed by atoms with Gasteiger partial charge in [-0.15, -0.1) is 0 Å². The predicted molar refractivity (Wildman–Crippen MR) is 201 cm³/mol. The molecule has 2 aromatic rings. The molecule has 0 amide bonds. The maximum Gasteiger partial charge on any atom is 0.307 e. The summed E-state index contributed by atoms with van der Waals surface area (Å²) in [5.74, 6) is 1.28. The highest BCUT2D eigenvalue weighted by atomic mass is 16.5. The Morgan fingerprint density at radius 2 is 1.85 bits per heavy atom. The SMILES string of the molecule is CC(C)[C@@H](C)[C@@]1(C)CC[C@]2(C)[C@H]3CC[C@@H]4C5(COC[C@]4(C)[C@@H](OC[C@](C)(N)C(C)C)[C@H](n4ncnc4-c4ccnnc4)C5)C3=CC[C@@]2(C)[C@@H]1C(=O)O. The van der Waals surface area contributed by atoms with Gasteiger partial charge in [0.1, 0.15) is 6.33 Å². The van der Waals surface area contributed by atoms with Crippen molar-refractivity contribution in [3.05, 3.63) is 36.4 Å². The number of aromatic nitrogens is 5. The predicted octanol–water partition coefficient (Wildman–Crippen LogP) is 7.62. The molecule has 1 saturated heterocycles. The van der Waals surface area contributed by atoms with Crippen molar-refractivity contribution in [1.82, 2.24) is 25.0 Å². The van der Waals surface area contributed by atoms with Gasteiger partial charge in [-0.25, -0.2) is 9.67 Å². The van der Waals surface area contributed by atoms with Gasteiger partial charge in [0.15, 0.2) is 5.82 Å². The summed E-state index contributed by atoms with van der Waals surface area (Å²) in [5.41, 5.74) is 7.37. The minimum Gasteiger partial charge on any atom is -0.481 e. The Morgan fingerprint density at radius 3 is 2.50 bits per heavy atom. The number of ether oxygens (including phenoxy) is 2. The molecule has 286 valence electrons. The van der Waals surface area contributed by atoms with Crippen molar-refractivity contribution in [3.63, 3.8) is 0 Å². The number of carboxylic acids is 1. The lowest BCUT2D eigenvalue weighted by Gasteiger charge is -2.71. The molecule has 3 saturated carbocycles. The number of hydrogen-bond donors (Lipinski definition) is 2. The van der Waals surface area contributed by atoms with Crippen molar-refractivity contribution in [2.45, 2.75) is 125 Å². The first-order valence-electron chi connectivity index (χ1n) is 20.0. The van der Waals surface area contributed by atoms with Gasteiger partial charge in [0.2, 0.25) is 0 Å². The Balaban J connectivity index is 1.35. The molecule has 7 rings (SSSR count). The molecule has 3 N–H and O–H groups in total. The minimum atomic E-state index is -0.629. The van der Waals surface area contributed by atoms with E-state index in [1.165, 1.54) is 5.57 Å². The molecule has 10 nitrogen and oxygen atoms in total. The van der Waals surface area contributed by atoms with E-state index < -0.39 is 17.4 Å². The second kappa shape index (κ2) is 12.7. The second-order valence-electron chi connectivity index (χ2n) is 19.7. The van der Waals surface area contributed by atoms with Gasteiger partial charge in [0, 0.05) is 21.9 Å². The lowest BCUT2D eigenvalue weighted by molar-refractivity contribution is -0.252. The van der Waals surface area contributed by atoms with Gasteiger partial charge in [0.25, 0.3) is 0 Å². The zero-order valence-corrected chi connectivity index (χ0v) is 33.4. The Bertz CT molecular complexity index is 1690. The fourth-order valence-corrected chi connectivity index (χ4v) is 12.7. The van der Waals surface area contributed by atoms with Crippen LogP contribution in [0.2, 0.25) is 0 Å². The molecule has 0 aromatic carbocycles. The lowest BCUT2D eigenvalue weighted by atomic mass is 9.34. The van der Waals surface area contributed by atoms with Gasteiger partial charge in [-0.05, 0) is 97.3 Å². The first-order valence-corrected chi connectivity index (χ1v) is 20.0. The number of carbonyl (C=O) groups is 1. The highest BCUT2D eigenvalue weighted by Gasteiger charge is 2.72. The number of carboxylic acid groups (broad SMARTS) is 1. The second-order valence-corrected chi connectivity index (χ2v) is 19.7. The topological polar surface area (TPSA) is 138 Å².